The minimum atomic E-state index is -0.650. The van der Waals surface area contributed by atoms with Gasteiger partial charge in [-0.2, -0.15) is 0 Å². The molecule has 0 fully saturated rings. The van der Waals surface area contributed by atoms with Crippen molar-refractivity contribution in [3.05, 3.63) is 22.7 Å². The number of nitrogens with two attached hydrogens (primary N) is 1. The SMILES string of the molecule is CC(N)c1cc(Cl)c2c(c1)OC(C)(C)O2. The maximum Gasteiger partial charge on any atom is 0.246 e. The summed E-state index contributed by atoms with van der Waals surface area (Å²) in [5.41, 5.74) is 6.73. The summed E-state index contributed by atoms with van der Waals surface area (Å²) in [6, 6.07) is 3.62. The number of ether oxygens (including phenoxy) is 2. The third-order valence-corrected chi connectivity index (χ3v) is 2.54. The van der Waals surface area contributed by atoms with Gasteiger partial charge in [-0.1, -0.05) is 11.6 Å². The Morgan fingerprint density at radius 2 is 2.00 bits per heavy atom. The lowest BCUT2D eigenvalue weighted by molar-refractivity contribution is -0.0431. The van der Waals surface area contributed by atoms with Crippen LogP contribution in [-0.2, 0) is 0 Å². The molecule has 0 aliphatic carbocycles. The van der Waals surface area contributed by atoms with Crippen molar-refractivity contribution >= 4 is 11.6 Å². The van der Waals surface area contributed by atoms with Crippen molar-refractivity contribution in [2.45, 2.75) is 32.6 Å². The summed E-state index contributed by atoms with van der Waals surface area (Å²) in [5.74, 6) is 0.619. The molecule has 2 rings (SSSR count). The smallest absolute Gasteiger partial charge is 0.246 e. The Balaban J connectivity index is 2.47. The fourth-order valence-corrected chi connectivity index (χ4v) is 1.82. The zero-order chi connectivity index (χ0) is 11.2. The number of benzene rings is 1. The molecule has 0 bridgehead atoms. The molecule has 0 saturated heterocycles. The summed E-state index contributed by atoms with van der Waals surface area (Å²) < 4.78 is 11.2. The van der Waals surface area contributed by atoms with Crippen LogP contribution in [0.4, 0.5) is 0 Å². The van der Waals surface area contributed by atoms with Gasteiger partial charge in [-0.25, -0.2) is 0 Å². The van der Waals surface area contributed by atoms with Crippen molar-refractivity contribution in [1.29, 1.82) is 0 Å². The van der Waals surface area contributed by atoms with Crippen LogP contribution in [-0.4, -0.2) is 5.79 Å². The normalized spacial score (nSPS) is 19.0. The van der Waals surface area contributed by atoms with E-state index in [2.05, 4.69) is 0 Å². The second-order valence-electron chi connectivity index (χ2n) is 4.22. The number of hydrogen-bond acceptors (Lipinski definition) is 3. The van der Waals surface area contributed by atoms with E-state index in [9.17, 15) is 0 Å². The molecule has 3 nitrogen and oxygen atoms in total. The molecule has 82 valence electrons. The average molecular weight is 228 g/mol. The molecule has 0 saturated carbocycles. The van der Waals surface area contributed by atoms with E-state index < -0.39 is 5.79 Å². The van der Waals surface area contributed by atoms with Crippen LogP contribution in [0.25, 0.3) is 0 Å². The molecule has 1 aromatic rings. The fraction of sp³-hybridized carbons (Fsp3) is 0.455. The molecular weight excluding hydrogens is 214 g/mol. The van der Waals surface area contributed by atoms with E-state index in [1.54, 1.807) is 0 Å². The van der Waals surface area contributed by atoms with E-state index in [4.69, 9.17) is 26.8 Å². The third kappa shape index (κ3) is 1.90. The van der Waals surface area contributed by atoms with Crippen LogP contribution in [0.15, 0.2) is 12.1 Å². The van der Waals surface area contributed by atoms with Gasteiger partial charge < -0.3 is 15.2 Å². The van der Waals surface area contributed by atoms with Gasteiger partial charge in [0.15, 0.2) is 11.5 Å². The third-order valence-electron chi connectivity index (χ3n) is 2.26. The molecule has 0 amide bonds. The summed E-state index contributed by atoms with van der Waals surface area (Å²) >= 11 is 6.09. The molecule has 2 N–H and O–H groups in total. The lowest BCUT2D eigenvalue weighted by atomic mass is 10.1. The standard InChI is InChI=1S/C11H14ClNO2/c1-6(13)7-4-8(12)10-9(5-7)14-11(2,3)15-10/h4-6H,13H2,1-3H3. The van der Waals surface area contributed by atoms with Crippen LogP contribution >= 0.6 is 11.6 Å². The molecular formula is C11H14ClNO2. The van der Waals surface area contributed by atoms with Gasteiger partial charge in [-0.05, 0) is 24.6 Å². The van der Waals surface area contributed by atoms with E-state index in [-0.39, 0.29) is 6.04 Å². The predicted octanol–water partition coefficient (Wildman–Crippen LogP) is 2.87. The summed E-state index contributed by atoms with van der Waals surface area (Å²) in [5, 5.41) is 0.547. The molecule has 15 heavy (non-hydrogen) atoms. The largest absolute Gasteiger partial charge is 0.449 e. The Labute approximate surface area is 94.1 Å². The molecule has 1 atom stereocenters. The average Bonchev–Trinajstić information content (AvgIpc) is 2.39. The van der Waals surface area contributed by atoms with Crippen LogP contribution in [0.1, 0.15) is 32.4 Å². The van der Waals surface area contributed by atoms with Gasteiger partial charge in [-0.15, -0.1) is 0 Å². The van der Waals surface area contributed by atoms with Gasteiger partial charge in [0, 0.05) is 19.9 Å². The van der Waals surface area contributed by atoms with E-state index >= 15 is 0 Å². The minimum absolute atomic E-state index is 0.0693. The zero-order valence-corrected chi connectivity index (χ0v) is 9.76. The second kappa shape index (κ2) is 3.29. The minimum Gasteiger partial charge on any atom is -0.449 e. The monoisotopic (exact) mass is 227 g/mol. The van der Waals surface area contributed by atoms with Crippen molar-refractivity contribution in [3.63, 3.8) is 0 Å². The Bertz CT molecular complexity index is 402. The van der Waals surface area contributed by atoms with E-state index in [1.165, 1.54) is 0 Å². The van der Waals surface area contributed by atoms with Crippen molar-refractivity contribution in [3.8, 4) is 11.5 Å². The van der Waals surface area contributed by atoms with Gasteiger partial charge >= 0.3 is 0 Å². The fourth-order valence-electron chi connectivity index (χ4n) is 1.56. The molecule has 1 aromatic carbocycles. The van der Waals surface area contributed by atoms with Gasteiger partial charge in [0.1, 0.15) is 0 Å². The molecule has 1 heterocycles. The highest BCUT2D eigenvalue weighted by Gasteiger charge is 2.33. The summed E-state index contributed by atoms with van der Waals surface area (Å²) in [6.45, 7) is 5.59. The second-order valence-corrected chi connectivity index (χ2v) is 4.63. The highest BCUT2D eigenvalue weighted by atomic mass is 35.5. The maximum absolute atomic E-state index is 6.09. The molecule has 1 unspecified atom stereocenters. The first-order chi connectivity index (χ1) is 6.89. The Morgan fingerprint density at radius 1 is 1.33 bits per heavy atom. The van der Waals surface area contributed by atoms with Gasteiger partial charge in [0.05, 0.1) is 5.02 Å². The summed E-state index contributed by atoms with van der Waals surface area (Å²) in [7, 11) is 0. The highest BCUT2D eigenvalue weighted by molar-refractivity contribution is 6.32. The first-order valence-corrected chi connectivity index (χ1v) is 5.24. The van der Waals surface area contributed by atoms with Crippen LogP contribution in [0.3, 0.4) is 0 Å². The zero-order valence-electron chi connectivity index (χ0n) is 9.00. The number of fused-ring (bicyclic) bond motifs is 1. The predicted molar refractivity (Wildman–Crippen MR) is 59.4 cm³/mol. The Hall–Kier alpha value is -0.930. The van der Waals surface area contributed by atoms with Crippen LogP contribution in [0, 0.1) is 0 Å². The highest BCUT2D eigenvalue weighted by Crippen LogP contribution is 2.45. The maximum atomic E-state index is 6.09. The molecule has 0 spiro atoms. The van der Waals surface area contributed by atoms with E-state index in [0.717, 1.165) is 5.56 Å². The van der Waals surface area contributed by atoms with Crippen molar-refractivity contribution < 1.29 is 9.47 Å². The molecule has 1 aliphatic rings. The number of hydrogen-bond donors (Lipinski definition) is 1. The first kappa shape index (κ1) is 10.6. The lowest BCUT2D eigenvalue weighted by Crippen LogP contribution is -2.29. The summed E-state index contributed by atoms with van der Waals surface area (Å²) in [4.78, 5) is 0. The number of halogens is 1. The first-order valence-electron chi connectivity index (χ1n) is 4.86. The molecule has 0 aromatic heterocycles. The van der Waals surface area contributed by atoms with Gasteiger partial charge in [-0.3, -0.25) is 0 Å². The Kier molecular flexibility index (Phi) is 2.32. The molecule has 0 radical (unpaired) electrons. The van der Waals surface area contributed by atoms with Crippen LogP contribution < -0.4 is 15.2 Å². The van der Waals surface area contributed by atoms with Crippen LogP contribution in [0.5, 0.6) is 11.5 Å². The summed E-state index contributed by atoms with van der Waals surface area (Å²) in [6.07, 6.45) is 0. The van der Waals surface area contributed by atoms with Gasteiger partial charge in [0.2, 0.25) is 5.79 Å². The van der Waals surface area contributed by atoms with Crippen molar-refractivity contribution in [2.24, 2.45) is 5.73 Å². The van der Waals surface area contributed by atoms with Gasteiger partial charge in [0.25, 0.3) is 0 Å². The van der Waals surface area contributed by atoms with Crippen molar-refractivity contribution in [1.82, 2.24) is 0 Å². The molecule has 4 heteroatoms. The van der Waals surface area contributed by atoms with E-state index in [1.807, 2.05) is 32.9 Å². The lowest BCUT2D eigenvalue weighted by Gasteiger charge is -2.16. The number of rotatable bonds is 1. The quantitative estimate of drug-likeness (QED) is 0.803. The van der Waals surface area contributed by atoms with Crippen LogP contribution in [0.2, 0.25) is 5.02 Å². The topological polar surface area (TPSA) is 44.5 Å². The molecule has 1 aliphatic heterocycles. The Morgan fingerprint density at radius 3 is 2.60 bits per heavy atom. The van der Waals surface area contributed by atoms with Crippen molar-refractivity contribution in [2.75, 3.05) is 0 Å². The van der Waals surface area contributed by atoms with E-state index in [0.29, 0.717) is 16.5 Å².